The monoisotopic (exact) mass is 231 g/mol. The minimum Gasteiger partial charge on any atom is -0.494 e. The number of methoxy groups -OCH3 is 1. The second kappa shape index (κ2) is 4.01. The molecule has 0 spiro atoms. The Morgan fingerprint density at radius 1 is 1.67 bits per heavy atom. The molecule has 0 aliphatic carbocycles. The van der Waals surface area contributed by atoms with E-state index in [-0.39, 0.29) is 0 Å². The predicted octanol–water partition coefficient (Wildman–Crippen LogP) is 1.95. The normalized spacial score (nSPS) is 9.17. The van der Waals surface area contributed by atoms with Crippen LogP contribution in [0, 0.1) is 4.91 Å². The molecule has 0 aromatic carbocycles. The molecule has 0 fully saturated rings. The van der Waals surface area contributed by atoms with Gasteiger partial charge in [-0.3, -0.25) is 0 Å². The molecule has 0 aliphatic rings. The van der Waals surface area contributed by atoms with Crippen molar-refractivity contribution < 1.29 is 4.74 Å². The maximum atomic E-state index is 9.79. The van der Waals surface area contributed by atoms with Crippen LogP contribution in [-0.4, -0.2) is 12.1 Å². The molecule has 0 bridgehead atoms. The van der Waals surface area contributed by atoms with E-state index in [0.29, 0.717) is 16.2 Å². The Kier molecular flexibility index (Phi) is 2.98. The minimum absolute atomic E-state index is 0.373. The lowest BCUT2D eigenvalue weighted by molar-refractivity contribution is 0.410. The Labute approximate surface area is 77.2 Å². The van der Waals surface area contributed by atoms with Gasteiger partial charge in [0.15, 0.2) is 11.6 Å². The average molecular weight is 232 g/mol. The van der Waals surface area contributed by atoms with Crippen LogP contribution in [0.1, 0.15) is 0 Å². The summed E-state index contributed by atoms with van der Waals surface area (Å²) in [5.41, 5.74) is 2.17. The van der Waals surface area contributed by atoms with Gasteiger partial charge in [0.25, 0.3) is 0 Å². The smallest absolute Gasteiger partial charge is 0.151 e. The fourth-order valence-corrected chi connectivity index (χ4v) is 1.17. The van der Waals surface area contributed by atoms with Crippen molar-refractivity contribution in [2.45, 2.75) is 0 Å². The molecule has 5 nitrogen and oxygen atoms in total. The average Bonchev–Trinajstić information content (AvgIpc) is 2.05. The fourth-order valence-electron chi connectivity index (χ4n) is 0.683. The first-order valence-electron chi connectivity index (χ1n) is 3.07. The van der Waals surface area contributed by atoms with Crippen LogP contribution in [0.4, 0.5) is 5.82 Å². The lowest BCUT2D eigenvalue weighted by Gasteiger charge is -2.02. The SMILES string of the molecule is COc1ccc(NN=O)nc1Br. The van der Waals surface area contributed by atoms with E-state index in [0.717, 1.165) is 0 Å². The molecule has 1 heterocycles. The molecule has 0 saturated carbocycles. The summed E-state index contributed by atoms with van der Waals surface area (Å²) in [6, 6.07) is 3.26. The maximum Gasteiger partial charge on any atom is 0.151 e. The van der Waals surface area contributed by atoms with Gasteiger partial charge in [-0.1, -0.05) is 0 Å². The van der Waals surface area contributed by atoms with Crippen molar-refractivity contribution in [2.24, 2.45) is 5.29 Å². The molecule has 0 radical (unpaired) electrons. The molecule has 1 aromatic rings. The van der Waals surface area contributed by atoms with Crippen LogP contribution in [-0.2, 0) is 0 Å². The van der Waals surface area contributed by atoms with Crippen LogP contribution in [0.5, 0.6) is 5.75 Å². The third-order valence-electron chi connectivity index (χ3n) is 1.19. The lowest BCUT2D eigenvalue weighted by atomic mass is 10.4. The van der Waals surface area contributed by atoms with Crippen molar-refractivity contribution in [3.8, 4) is 5.75 Å². The topological polar surface area (TPSA) is 63.6 Å². The number of pyridine rings is 1. The third-order valence-corrected chi connectivity index (χ3v) is 1.76. The van der Waals surface area contributed by atoms with Crippen molar-refractivity contribution in [1.29, 1.82) is 0 Å². The Hall–Kier alpha value is -1.17. The summed E-state index contributed by atoms with van der Waals surface area (Å²) in [5, 5.41) is 2.48. The fraction of sp³-hybridized carbons (Fsp3) is 0.167. The zero-order valence-electron chi connectivity index (χ0n) is 6.24. The first-order valence-corrected chi connectivity index (χ1v) is 3.86. The van der Waals surface area contributed by atoms with E-state index in [1.807, 2.05) is 0 Å². The van der Waals surface area contributed by atoms with E-state index in [1.54, 1.807) is 12.1 Å². The quantitative estimate of drug-likeness (QED) is 0.491. The molecule has 1 aromatic heterocycles. The van der Waals surface area contributed by atoms with E-state index < -0.39 is 0 Å². The lowest BCUT2D eigenvalue weighted by Crippen LogP contribution is -1.92. The van der Waals surface area contributed by atoms with E-state index in [9.17, 15) is 4.91 Å². The van der Waals surface area contributed by atoms with E-state index in [1.165, 1.54) is 7.11 Å². The molecular weight excluding hydrogens is 226 g/mol. The zero-order chi connectivity index (χ0) is 8.97. The number of nitroso groups, excluding NO2 is 1. The van der Waals surface area contributed by atoms with Gasteiger partial charge in [-0.05, 0) is 28.1 Å². The van der Waals surface area contributed by atoms with Gasteiger partial charge >= 0.3 is 0 Å². The summed E-state index contributed by atoms with van der Waals surface area (Å²) in [5.74, 6) is 0.976. The molecule has 0 saturated heterocycles. The van der Waals surface area contributed by atoms with Crippen LogP contribution in [0.2, 0.25) is 0 Å². The summed E-state index contributed by atoms with van der Waals surface area (Å²) in [6.45, 7) is 0. The maximum absolute atomic E-state index is 9.79. The molecule has 12 heavy (non-hydrogen) atoms. The van der Waals surface area contributed by atoms with Gasteiger partial charge < -0.3 is 4.74 Å². The first-order chi connectivity index (χ1) is 5.77. The predicted molar refractivity (Wildman–Crippen MR) is 47.9 cm³/mol. The molecule has 0 aliphatic heterocycles. The van der Waals surface area contributed by atoms with Crippen molar-refractivity contribution in [2.75, 3.05) is 12.5 Å². The number of rotatable bonds is 3. The molecule has 0 atom stereocenters. The number of ether oxygens (including phenoxy) is 1. The third kappa shape index (κ3) is 1.91. The number of aromatic nitrogens is 1. The first kappa shape index (κ1) is 8.92. The highest BCUT2D eigenvalue weighted by Gasteiger charge is 2.01. The van der Waals surface area contributed by atoms with Crippen LogP contribution in [0.25, 0.3) is 0 Å². The number of hydrogen-bond acceptors (Lipinski definition) is 4. The Morgan fingerprint density at radius 2 is 2.42 bits per heavy atom. The van der Waals surface area contributed by atoms with Gasteiger partial charge in [0.2, 0.25) is 0 Å². The highest BCUT2D eigenvalue weighted by molar-refractivity contribution is 9.10. The van der Waals surface area contributed by atoms with E-state index in [4.69, 9.17) is 4.74 Å². The number of hydrogen-bond donors (Lipinski definition) is 1. The van der Waals surface area contributed by atoms with Crippen molar-refractivity contribution >= 4 is 21.7 Å². The Morgan fingerprint density at radius 3 is 2.92 bits per heavy atom. The Balaban J connectivity index is 2.93. The molecule has 64 valence electrons. The number of nitrogens with one attached hydrogen (secondary N) is 1. The van der Waals surface area contributed by atoms with Gasteiger partial charge in [0.05, 0.1) is 12.4 Å². The highest BCUT2D eigenvalue weighted by Crippen LogP contribution is 2.23. The van der Waals surface area contributed by atoms with Gasteiger partial charge in [-0.15, -0.1) is 4.91 Å². The van der Waals surface area contributed by atoms with Crippen molar-refractivity contribution in [3.05, 3.63) is 21.6 Å². The largest absolute Gasteiger partial charge is 0.494 e. The summed E-state index contributed by atoms with van der Waals surface area (Å²) >= 11 is 3.16. The molecule has 1 N–H and O–H groups in total. The van der Waals surface area contributed by atoms with Gasteiger partial charge in [-0.25, -0.2) is 10.4 Å². The van der Waals surface area contributed by atoms with E-state index >= 15 is 0 Å². The number of nitrogens with zero attached hydrogens (tertiary/aromatic N) is 2. The molecule has 0 unspecified atom stereocenters. The summed E-state index contributed by atoms with van der Waals surface area (Å²) < 4.78 is 5.46. The number of anilines is 1. The van der Waals surface area contributed by atoms with E-state index in [2.05, 4.69) is 31.6 Å². The summed E-state index contributed by atoms with van der Waals surface area (Å²) in [7, 11) is 1.53. The summed E-state index contributed by atoms with van der Waals surface area (Å²) in [4.78, 5) is 13.7. The van der Waals surface area contributed by atoms with Crippen LogP contribution in [0.3, 0.4) is 0 Å². The second-order valence-electron chi connectivity index (χ2n) is 1.89. The second-order valence-corrected chi connectivity index (χ2v) is 2.64. The molecule has 1 rings (SSSR count). The van der Waals surface area contributed by atoms with Crippen LogP contribution >= 0.6 is 15.9 Å². The molecule has 0 amide bonds. The standard InChI is InChI=1S/C6H6BrN3O2/c1-12-4-2-3-5(9-10-11)8-6(4)7/h2-3H,1H3,(H,8,9,11). The molecule has 6 heteroatoms. The Bertz CT molecular complexity index is 292. The number of halogens is 1. The van der Waals surface area contributed by atoms with Gasteiger partial charge in [-0.2, -0.15) is 0 Å². The summed E-state index contributed by atoms with van der Waals surface area (Å²) in [6.07, 6.45) is 0. The van der Waals surface area contributed by atoms with Crippen molar-refractivity contribution in [3.63, 3.8) is 0 Å². The van der Waals surface area contributed by atoms with Crippen LogP contribution in [0.15, 0.2) is 22.0 Å². The van der Waals surface area contributed by atoms with Gasteiger partial charge in [0.1, 0.15) is 4.60 Å². The van der Waals surface area contributed by atoms with Crippen LogP contribution < -0.4 is 10.2 Å². The molecular formula is C6H6BrN3O2. The zero-order valence-corrected chi connectivity index (χ0v) is 7.83. The van der Waals surface area contributed by atoms with Crippen molar-refractivity contribution in [1.82, 2.24) is 4.98 Å². The highest BCUT2D eigenvalue weighted by atomic mass is 79.9. The minimum atomic E-state index is 0.373. The van der Waals surface area contributed by atoms with Gasteiger partial charge in [0, 0.05) is 0 Å².